The summed E-state index contributed by atoms with van der Waals surface area (Å²) in [6, 6.07) is 0. The van der Waals surface area contributed by atoms with Gasteiger partial charge in [-0.25, -0.2) is 5.48 Å². The summed E-state index contributed by atoms with van der Waals surface area (Å²) in [5, 5.41) is 0. The highest BCUT2D eigenvalue weighted by Crippen LogP contribution is 2.08. The van der Waals surface area contributed by atoms with Crippen LogP contribution in [0.3, 0.4) is 0 Å². The number of hydroxylamine groups is 1. The van der Waals surface area contributed by atoms with Gasteiger partial charge in [-0.2, -0.15) is 0 Å². The van der Waals surface area contributed by atoms with Crippen molar-refractivity contribution in [2.24, 2.45) is 0 Å². The standard InChI is InChI=1S/C8H13NO/c1-9-10-7-8-5-3-2-4-6-8/h3,5-6,9H,2,4,7H2,1H3. The van der Waals surface area contributed by atoms with Crippen LogP contribution in [0.1, 0.15) is 12.8 Å². The topological polar surface area (TPSA) is 21.3 Å². The van der Waals surface area contributed by atoms with Crippen LogP contribution in [-0.2, 0) is 4.84 Å². The Morgan fingerprint density at radius 3 is 3.10 bits per heavy atom. The maximum Gasteiger partial charge on any atom is 0.0929 e. The lowest BCUT2D eigenvalue weighted by Crippen LogP contribution is -2.09. The molecule has 0 unspecified atom stereocenters. The Labute approximate surface area is 61.5 Å². The van der Waals surface area contributed by atoms with Crippen molar-refractivity contribution in [1.82, 2.24) is 5.48 Å². The van der Waals surface area contributed by atoms with E-state index >= 15 is 0 Å². The maximum atomic E-state index is 5.00. The van der Waals surface area contributed by atoms with E-state index in [1.807, 2.05) is 0 Å². The molecule has 0 aromatic rings. The average Bonchev–Trinajstić information content (AvgIpc) is 2.03. The lowest BCUT2D eigenvalue weighted by molar-refractivity contribution is 0.0773. The fourth-order valence-electron chi connectivity index (χ4n) is 0.930. The zero-order valence-electron chi connectivity index (χ0n) is 6.26. The molecule has 0 atom stereocenters. The molecular formula is C8H13NO. The molecule has 56 valence electrons. The third kappa shape index (κ3) is 2.33. The fourth-order valence-corrected chi connectivity index (χ4v) is 0.930. The smallest absolute Gasteiger partial charge is 0.0929 e. The number of rotatable bonds is 3. The third-order valence-electron chi connectivity index (χ3n) is 1.45. The van der Waals surface area contributed by atoms with E-state index in [0.717, 1.165) is 6.42 Å². The molecule has 0 amide bonds. The van der Waals surface area contributed by atoms with E-state index in [9.17, 15) is 0 Å². The van der Waals surface area contributed by atoms with Crippen LogP contribution < -0.4 is 5.48 Å². The van der Waals surface area contributed by atoms with Crippen LogP contribution in [0.5, 0.6) is 0 Å². The first-order valence-corrected chi connectivity index (χ1v) is 3.57. The average molecular weight is 139 g/mol. The Morgan fingerprint density at radius 2 is 2.50 bits per heavy atom. The van der Waals surface area contributed by atoms with Gasteiger partial charge in [-0.3, -0.25) is 4.84 Å². The van der Waals surface area contributed by atoms with Crippen LogP contribution in [-0.4, -0.2) is 13.7 Å². The quantitative estimate of drug-likeness (QED) is 0.597. The van der Waals surface area contributed by atoms with E-state index in [-0.39, 0.29) is 0 Å². The largest absolute Gasteiger partial charge is 0.297 e. The van der Waals surface area contributed by atoms with E-state index in [4.69, 9.17) is 4.84 Å². The molecule has 0 spiro atoms. The molecule has 10 heavy (non-hydrogen) atoms. The monoisotopic (exact) mass is 139 g/mol. The maximum absolute atomic E-state index is 5.00. The van der Waals surface area contributed by atoms with Gasteiger partial charge in [0.25, 0.3) is 0 Å². The van der Waals surface area contributed by atoms with Crippen molar-refractivity contribution < 1.29 is 4.84 Å². The van der Waals surface area contributed by atoms with Gasteiger partial charge >= 0.3 is 0 Å². The van der Waals surface area contributed by atoms with Gasteiger partial charge in [-0.15, -0.1) is 0 Å². The minimum atomic E-state index is 0.674. The molecule has 0 fully saturated rings. The van der Waals surface area contributed by atoms with Gasteiger partial charge in [-0.05, 0) is 18.4 Å². The zero-order chi connectivity index (χ0) is 7.23. The van der Waals surface area contributed by atoms with Crippen molar-refractivity contribution in [2.45, 2.75) is 12.8 Å². The minimum Gasteiger partial charge on any atom is -0.297 e. The van der Waals surface area contributed by atoms with Gasteiger partial charge in [-0.1, -0.05) is 18.2 Å². The Hall–Kier alpha value is -0.600. The van der Waals surface area contributed by atoms with Gasteiger partial charge in [0.1, 0.15) is 0 Å². The lowest BCUT2D eigenvalue weighted by Gasteiger charge is -2.05. The summed E-state index contributed by atoms with van der Waals surface area (Å²) >= 11 is 0. The number of nitrogens with one attached hydrogen (secondary N) is 1. The number of allylic oxidation sites excluding steroid dienone is 2. The van der Waals surface area contributed by atoms with Crippen LogP contribution >= 0.6 is 0 Å². The highest BCUT2D eigenvalue weighted by Gasteiger charge is 1.95. The molecule has 0 saturated carbocycles. The number of hydrogen-bond donors (Lipinski definition) is 1. The molecule has 0 saturated heterocycles. The fraction of sp³-hybridized carbons (Fsp3) is 0.500. The summed E-state index contributed by atoms with van der Waals surface area (Å²) in [4.78, 5) is 5.00. The van der Waals surface area contributed by atoms with Crippen molar-refractivity contribution >= 4 is 0 Å². The summed E-state index contributed by atoms with van der Waals surface area (Å²) in [7, 11) is 1.77. The summed E-state index contributed by atoms with van der Waals surface area (Å²) in [6.07, 6.45) is 8.81. The minimum absolute atomic E-state index is 0.674. The van der Waals surface area contributed by atoms with Crippen LogP contribution in [0, 0.1) is 0 Å². The molecule has 0 heterocycles. The third-order valence-corrected chi connectivity index (χ3v) is 1.45. The van der Waals surface area contributed by atoms with E-state index in [0.29, 0.717) is 6.61 Å². The summed E-state index contributed by atoms with van der Waals surface area (Å²) in [5.74, 6) is 0. The highest BCUT2D eigenvalue weighted by molar-refractivity contribution is 5.22. The molecule has 2 heteroatoms. The predicted octanol–water partition coefficient (Wildman–Crippen LogP) is 1.41. The van der Waals surface area contributed by atoms with Crippen molar-refractivity contribution in [3.05, 3.63) is 23.8 Å². The van der Waals surface area contributed by atoms with Crippen LogP contribution in [0.25, 0.3) is 0 Å². The lowest BCUT2D eigenvalue weighted by atomic mass is 10.1. The van der Waals surface area contributed by atoms with Gasteiger partial charge in [0.05, 0.1) is 6.61 Å². The van der Waals surface area contributed by atoms with E-state index < -0.39 is 0 Å². The van der Waals surface area contributed by atoms with Gasteiger partial charge < -0.3 is 0 Å². The van der Waals surface area contributed by atoms with E-state index in [2.05, 4.69) is 23.7 Å². The SMILES string of the molecule is CNOCC1=CCCC=C1. The Bertz CT molecular complexity index is 149. The summed E-state index contributed by atoms with van der Waals surface area (Å²) in [6.45, 7) is 0.674. The molecule has 1 aliphatic carbocycles. The molecule has 0 aromatic heterocycles. The Morgan fingerprint density at radius 1 is 1.60 bits per heavy atom. The number of hydrogen-bond acceptors (Lipinski definition) is 2. The zero-order valence-corrected chi connectivity index (χ0v) is 6.26. The molecule has 0 aliphatic heterocycles. The van der Waals surface area contributed by atoms with Gasteiger partial charge in [0, 0.05) is 7.05 Å². The van der Waals surface area contributed by atoms with Crippen molar-refractivity contribution in [3.63, 3.8) is 0 Å². The summed E-state index contributed by atoms with van der Waals surface area (Å²) in [5.41, 5.74) is 3.90. The Kier molecular flexibility index (Phi) is 3.19. The van der Waals surface area contributed by atoms with Crippen molar-refractivity contribution in [3.8, 4) is 0 Å². The van der Waals surface area contributed by atoms with Gasteiger partial charge in [0.2, 0.25) is 0 Å². The second-order valence-corrected chi connectivity index (χ2v) is 2.25. The molecule has 1 aliphatic rings. The Balaban J connectivity index is 2.26. The molecule has 0 radical (unpaired) electrons. The van der Waals surface area contributed by atoms with Gasteiger partial charge in [0.15, 0.2) is 0 Å². The molecular weight excluding hydrogens is 126 g/mol. The first-order valence-electron chi connectivity index (χ1n) is 3.57. The van der Waals surface area contributed by atoms with Crippen LogP contribution in [0.4, 0.5) is 0 Å². The highest BCUT2D eigenvalue weighted by atomic mass is 16.6. The van der Waals surface area contributed by atoms with Crippen LogP contribution in [0.2, 0.25) is 0 Å². The normalized spacial score (nSPS) is 17.1. The second-order valence-electron chi connectivity index (χ2n) is 2.25. The van der Waals surface area contributed by atoms with Crippen LogP contribution in [0.15, 0.2) is 23.8 Å². The molecule has 1 rings (SSSR count). The molecule has 2 nitrogen and oxygen atoms in total. The first kappa shape index (κ1) is 7.51. The predicted molar refractivity (Wildman–Crippen MR) is 41.5 cm³/mol. The summed E-state index contributed by atoms with van der Waals surface area (Å²) < 4.78 is 0. The van der Waals surface area contributed by atoms with E-state index in [1.165, 1.54) is 12.0 Å². The molecule has 0 bridgehead atoms. The first-order chi connectivity index (χ1) is 4.93. The molecule has 1 N–H and O–H groups in total. The van der Waals surface area contributed by atoms with Crippen molar-refractivity contribution in [2.75, 3.05) is 13.7 Å². The van der Waals surface area contributed by atoms with E-state index in [1.54, 1.807) is 7.05 Å². The second kappa shape index (κ2) is 4.25. The molecule has 0 aromatic carbocycles. The van der Waals surface area contributed by atoms with Crippen molar-refractivity contribution in [1.29, 1.82) is 0 Å².